The Hall–Kier alpha value is -2.28. The van der Waals surface area contributed by atoms with E-state index in [2.05, 4.69) is 0 Å². The third-order valence-corrected chi connectivity index (χ3v) is 4.46. The SMILES string of the molecule is CCOc1cccc2c1OC[C@H](C(=O)N1CCO[C@H](CC(=O)O)C1)C2. The standard InChI is InChI=1S/C18H23NO6/c1-2-23-15-5-3-4-12-8-13(11-25-17(12)15)18(22)19-6-7-24-14(10-19)9-16(20)21/h3-5,13-14H,2,6-11H2,1H3,(H,20,21)/t13-,14-/m1/s1. The predicted octanol–water partition coefficient (Wildman–Crippen LogP) is 1.34. The van der Waals surface area contributed by atoms with E-state index in [-0.39, 0.29) is 18.2 Å². The molecule has 0 radical (unpaired) electrons. The maximum absolute atomic E-state index is 12.8. The summed E-state index contributed by atoms with van der Waals surface area (Å²) in [5, 5.41) is 8.90. The molecule has 2 aliphatic heterocycles. The van der Waals surface area contributed by atoms with Gasteiger partial charge in [-0.05, 0) is 25.0 Å². The number of rotatable bonds is 5. The van der Waals surface area contributed by atoms with Crippen LogP contribution in [0.2, 0.25) is 0 Å². The number of benzene rings is 1. The van der Waals surface area contributed by atoms with Gasteiger partial charge in [-0.3, -0.25) is 9.59 Å². The minimum absolute atomic E-state index is 0.00819. The first-order valence-corrected chi connectivity index (χ1v) is 8.58. The van der Waals surface area contributed by atoms with Crippen molar-refractivity contribution in [3.05, 3.63) is 23.8 Å². The van der Waals surface area contributed by atoms with Crippen LogP contribution in [0.1, 0.15) is 18.9 Å². The molecule has 3 rings (SSSR count). The summed E-state index contributed by atoms with van der Waals surface area (Å²) in [6, 6.07) is 5.71. The van der Waals surface area contributed by atoms with Gasteiger partial charge in [0.1, 0.15) is 6.61 Å². The lowest BCUT2D eigenvalue weighted by Crippen LogP contribution is -2.50. The Kier molecular flexibility index (Phi) is 5.43. The first-order valence-electron chi connectivity index (χ1n) is 8.58. The topological polar surface area (TPSA) is 85.3 Å². The van der Waals surface area contributed by atoms with Crippen molar-refractivity contribution in [1.29, 1.82) is 0 Å². The maximum Gasteiger partial charge on any atom is 0.306 e. The average Bonchev–Trinajstić information content (AvgIpc) is 2.61. The van der Waals surface area contributed by atoms with Gasteiger partial charge in [0.15, 0.2) is 11.5 Å². The number of fused-ring (bicyclic) bond motifs is 1. The quantitative estimate of drug-likeness (QED) is 0.863. The summed E-state index contributed by atoms with van der Waals surface area (Å²) in [6.07, 6.45) is 0.0539. The van der Waals surface area contributed by atoms with Crippen LogP contribution in [-0.4, -0.2) is 60.9 Å². The molecule has 0 bridgehead atoms. The second-order valence-corrected chi connectivity index (χ2v) is 6.26. The van der Waals surface area contributed by atoms with Crippen molar-refractivity contribution in [2.24, 2.45) is 5.92 Å². The third kappa shape index (κ3) is 4.04. The number of nitrogens with zero attached hydrogens (tertiary/aromatic N) is 1. The van der Waals surface area contributed by atoms with Crippen LogP contribution in [-0.2, 0) is 20.7 Å². The molecule has 2 aliphatic rings. The van der Waals surface area contributed by atoms with E-state index < -0.39 is 12.1 Å². The van der Waals surface area contributed by atoms with Crippen molar-refractivity contribution in [3.8, 4) is 11.5 Å². The van der Waals surface area contributed by atoms with Gasteiger partial charge in [-0.1, -0.05) is 12.1 Å². The molecule has 1 aromatic carbocycles. The molecule has 1 fully saturated rings. The molecule has 0 saturated carbocycles. The van der Waals surface area contributed by atoms with Crippen LogP contribution in [0, 0.1) is 5.92 Å². The molecule has 1 aromatic rings. The molecule has 0 aliphatic carbocycles. The van der Waals surface area contributed by atoms with Crippen LogP contribution in [0.15, 0.2) is 18.2 Å². The lowest BCUT2D eigenvalue weighted by atomic mass is 9.94. The van der Waals surface area contributed by atoms with Gasteiger partial charge in [-0.15, -0.1) is 0 Å². The van der Waals surface area contributed by atoms with E-state index in [0.29, 0.717) is 45.1 Å². The number of carbonyl (C=O) groups is 2. The second-order valence-electron chi connectivity index (χ2n) is 6.26. The highest BCUT2D eigenvalue weighted by molar-refractivity contribution is 5.80. The number of para-hydroxylation sites is 1. The van der Waals surface area contributed by atoms with Crippen LogP contribution >= 0.6 is 0 Å². The normalized spacial score (nSPS) is 22.7. The molecular formula is C18H23NO6. The number of hydrogen-bond acceptors (Lipinski definition) is 5. The molecule has 0 aromatic heterocycles. The number of ether oxygens (including phenoxy) is 3. The largest absolute Gasteiger partial charge is 0.490 e. The zero-order valence-electron chi connectivity index (χ0n) is 14.3. The molecule has 1 N–H and O–H groups in total. The van der Waals surface area contributed by atoms with Gasteiger partial charge in [0.25, 0.3) is 0 Å². The zero-order chi connectivity index (χ0) is 17.8. The minimum Gasteiger partial charge on any atom is -0.490 e. The van der Waals surface area contributed by atoms with Crippen molar-refractivity contribution >= 4 is 11.9 Å². The summed E-state index contributed by atoms with van der Waals surface area (Å²) in [6.45, 7) is 3.94. The highest BCUT2D eigenvalue weighted by Gasteiger charge is 2.33. The van der Waals surface area contributed by atoms with Gasteiger partial charge < -0.3 is 24.2 Å². The van der Waals surface area contributed by atoms with Gasteiger partial charge in [0, 0.05) is 13.1 Å². The Morgan fingerprint density at radius 2 is 2.24 bits per heavy atom. The van der Waals surface area contributed by atoms with Gasteiger partial charge in [-0.2, -0.15) is 0 Å². The maximum atomic E-state index is 12.8. The summed E-state index contributed by atoms with van der Waals surface area (Å²) in [4.78, 5) is 25.4. The van der Waals surface area contributed by atoms with Gasteiger partial charge in [0.2, 0.25) is 5.91 Å². The van der Waals surface area contributed by atoms with Crippen molar-refractivity contribution in [2.75, 3.05) is 32.9 Å². The molecule has 0 unspecified atom stereocenters. The molecule has 1 amide bonds. The Bertz CT molecular complexity index is 646. The molecule has 25 heavy (non-hydrogen) atoms. The van der Waals surface area contributed by atoms with E-state index in [1.807, 2.05) is 25.1 Å². The van der Waals surface area contributed by atoms with E-state index in [1.165, 1.54) is 0 Å². The monoisotopic (exact) mass is 349 g/mol. The highest BCUT2D eigenvalue weighted by atomic mass is 16.5. The van der Waals surface area contributed by atoms with E-state index in [9.17, 15) is 9.59 Å². The van der Waals surface area contributed by atoms with Gasteiger partial charge in [-0.25, -0.2) is 0 Å². The Morgan fingerprint density at radius 1 is 1.40 bits per heavy atom. The van der Waals surface area contributed by atoms with Crippen LogP contribution in [0.4, 0.5) is 0 Å². The van der Waals surface area contributed by atoms with Crippen LogP contribution in [0.25, 0.3) is 0 Å². The first-order chi connectivity index (χ1) is 12.1. The lowest BCUT2D eigenvalue weighted by Gasteiger charge is -2.36. The molecule has 7 nitrogen and oxygen atoms in total. The van der Waals surface area contributed by atoms with Gasteiger partial charge in [0.05, 0.1) is 31.7 Å². The van der Waals surface area contributed by atoms with E-state index in [0.717, 1.165) is 11.3 Å². The molecule has 136 valence electrons. The summed E-state index contributed by atoms with van der Waals surface area (Å²) < 4.78 is 16.8. The molecule has 1 saturated heterocycles. The number of amides is 1. The Morgan fingerprint density at radius 3 is 3.00 bits per heavy atom. The number of morpholine rings is 1. The van der Waals surface area contributed by atoms with Crippen LogP contribution < -0.4 is 9.47 Å². The predicted molar refractivity (Wildman–Crippen MR) is 88.9 cm³/mol. The summed E-state index contributed by atoms with van der Waals surface area (Å²) in [5.41, 5.74) is 0.964. The van der Waals surface area contributed by atoms with Crippen molar-refractivity contribution in [2.45, 2.75) is 25.9 Å². The van der Waals surface area contributed by atoms with Gasteiger partial charge >= 0.3 is 5.97 Å². The third-order valence-electron chi connectivity index (χ3n) is 4.46. The number of carboxylic acid groups (broad SMARTS) is 1. The summed E-state index contributed by atoms with van der Waals surface area (Å²) in [5.74, 6) is 0.231. The highest BCUT2D eigenvalue weighted by Crippen LogP contribution is 2.36. The summed E-state index contributed by atoms with van der Waals surface area (Å²) >= 11 is 0. The Balaban J connectivity index is 1.66. The number of hydrogen-bond donors (Lipinski definition) is 1. The molecule has 2 atom stereocenters. The number of carbonyl (C=O) groups excluding carboxylic acids is 1. The van der Waals surface area contributed by atoms with E-state index in [4.69, 9.17) is 19.3 Å². The molecule has 0 spiro atoms. The van der Waals surface area contributed by atoms with E-state index >= 15 is 0 Å². The fourth-order valence-corrected chi connectivity index (χ4v) is 3.32. The number of carboxylic acids is 1. The first kappa shape index (κ1) is 17.5. The average molecular weight is 349 g/mol. The smallest absolute Gasteiger partial charge is 0.306 e. The van der Waals surface area contributed by atoms with Crippen molar-refractivity contribution in [1.82, 2.24) is 4.90 Å². The zero-order valence-corrected chi connectivity index (χ0v) is 14.3. The van der Waals surface area contributed by atoms with Crippen molar-refractivity contribution in [3.63, 3.8) is 0 Å². The van der Waals surface area contributed by atoms with Crippen LogP contribution in [0.3, 0.4) is 0 Å². The number of aliphatic carboxylic acids is 1. The Labute approximate surface area is 146 Å². The van der Waals surface area contributed by atoms with Crippen LogP contribution in [0.5, 0.6) is 11.5 Å². The molecule has 2 heterocycles. The lowest BCUT2D eigenvalue weighted by molar-refractivity contribution is -0.150. The second kappa shape index (κ2) is 7.74. The fourth-order valence-electron chi connectivity index (χ4n) is 3.32. The fraction of sp³-hybridized carbons (Fsp3) is 0.556. The summed E-state index contributed by atoms with van der Waals surface area (Å²) in [7, 11) is 0. The van der Waals surface area contributed by atoms with E-state index in [1.54, 1.807) is 4.90 Å². The molecular weight excluding hydrogens is 326 g/mol. The minimum atomic E-state index is -0.919. The molecule has 7 heteroatoms. The van der Waals surface area contributed by atoms with Crippen molar-refractivity contribution < 1.29 is 28.9 Å².